The largest absolute Gasteiger partial charge is 0.381 e. The van der Waals surface area contributed by atoms with Crippen LogP contribution >= 0.6 is 0 Å². The lowest BCUT2D eigenvalue weighted by Gasteiger charge is -2.46. The molecular formula is C16H32N2O. The predicted octanol–water partition coefficient (Wildman–Crippen LogP) is 2.51. The van der Waals surface area contributed by atoms with Crippen LogP contribution in [0, 0.1) is 11.8 Å². The van der Waals surface area contributed by atoms with Gasteiger partial charge in [-0.05, 0) is 38.5 Å². The SMILES string of the molecule is CCC(C)C1CN(C(C)C2CCOCC2)C(C)CN1. The van der Waals surface area contributed by atoms with Gasteiger partial charge in [-0.15, -0.1) is 0 Å². The molecule has 0 aromatic heterocycles. The summed E-state index contributed by atoms with van der Waals surface area (Å²) in [4.78, 5) is 2.75. The van der Waals surface area contributed by atoms with Gasteiger partial charge in [0.25, 0.3) is 0 Å². The van der Waals surface area contributed by atoms with Gasteiger partial charge in [-0.25, -0.2) is 0 Å². The average molecular weight is 268 g/mol. The van der Waals surface area contributed by atoms with Crippen LogP contribution in [0.1, 0.15) is 47.0 Å². The van der Waals surface area contributed by atoms with E-state index in [9.17, 15) is 0 Å². The van der Waals surface area contributed by atoms with Crippen molar-refractivity contribution in [1.82, 2.24) is 10.2 Å². The van der Waals surface area contributed by atoms with Crippen LogP contribution in [0.25, 0.3) is 0 Å². The number of rotatable bonds is 4. The van der Waals surface area contributed by atoms with E-state index in [1.54, 1.807) is 0 Å². The Balaban J connectivity index is 1.95. The van der Waals surface area contributed by atoms with E-state index in [0.29, 0.717) is 18.1 Å². The summed E-state index contributed by atoms with van der Waals surface area (Å²) in [7, 11) is 0. The first-order chi connectivity index (χ1) is 9.13. The molecule has 0 aromatic rings. The second kappa shape index (κ2) is 7.05. The maximum atomic E-state index is 5.51. The first kappa shape index (κ1) is 15.3. The molecule has 1 N–H and O–H groups in total. The third-order valence-corrected chi connectivity index (χ3v) is 5.45. The fourth-order valence-corrected chi connectivity index (χ4v) is 3.61. The van der Waals surface area contributed by atoms with Crippen LogP contribution in [-0.2, 0) is 4.74 Å². The number of ether oxygens (including phenoxy) is 1. The van der Waals surface area contributed by atoms with Crippen LogP contribution in [0.4, 0.5) is 0 Å². The van der Waals surface area contributed by atoms with E-state index in [1.165, 1.54) is 25.8 Å². The molecule has 0 radical (unpaired) electrons. The minimum atomic E-state index is 0.665. The molecule has 0 spiro atoms. The number of piperazine rings is 1. The lowest BCUT2D eigenvalue weighted by Crippen LogP contribution is -2.61. The fourth-order valence-electron chi connectivity index (χ4n) is 3.61. The molecule has 2 saturated heterocycles. The standard InChI is InChI=1S/C16H32N2O/c1-5-12(2)16-11-18(13(3)10-17-16)14(4)15-6-8-19-9-7-15/h12-17H,5-11H2,1-4H3. The summed E-state index contributed by atoms with van der Waals surface area (Å²) in [5.74, 6) is 1.60. The minimum absolute atomic E-state index is 0.665. The Morgan fingerprint density at radius 3 is 2.58 bits per heavy atom. The highest BCUT2D eigenvalue weighted by Crippen LogP contribution is 2.26. The van der Waals surface area contributed by atoms with E-state index >= 15 is 0 Å². The Labute approximate surface area is 119 Å². The van der Waals surface area contributed by atoms with Gasteiger partial charge in [0.2, 0.25) is 0 Å². The second-order valence-electron chi connectivity index (χ2n) is 6.64. The van der Waals surface area contributed by atoms with Gasteiger partial charge < -0.3 is 10.1 Å². The van der Waals surface area contributed by atoms with Gasteiger partial charge in [-0.3, -0.25) is 4.90 Å². The van der Waals surface area contributed by atoms with Crippen molar-refractivity contribution in [3.05, 3.63) is 0 Å². The van der Waals surface area contributed by atoms with Crippen LogP contribution in [0.5, 0.6) is 0 Å². The average Bonchev–Trinajstić information content (AvgIpc) is 2.47. The molecule has 0 saturated carbocycles. The molecule has 4 atom stereocenters. The first-order valence-corrected chi connectivity index (χ1v) is 8.20. The highest BCUT2D eigenvalue weighted by molar-refractivity contribution is 4.91. The van der Waals surface area contributed by atoms with Crippen molar-refractivity contribution in [3.8, 4) is 0 Å². The van der Waals surface area contributed by atoms with E-state index in [-0.39, 0.29) is 0 Å². The Morgan fingerprint density at radius 2 is 1.95 bits per heavy atom. The molecule has 4 unspecified atom stereocenters. The predicted molar refractivity (Wildman–Crippen MR) is 80.4 cm³/mol. The summed E-state index contributed by atoms with van der Waals surface area (Å²) < 4.78 is 5.51. The highest BCUT2D eigenvalue weighted by Gasteiger charge is 2.34. The van der Waals surface area contributed by atoms with Gasteiger partial charge in [0.1, 0.15) is 0 Å². The first-order valence-electron chi connectivity index (χ1n) is 8.20. The van der Waals surface area contributed by atoms with Crippen molar-refractivity contribution in [3.63, 3.8) is 0 Å². The zero-order valence-electron chi connectivity index (χ0n) is 13.2. The summed E-state index contributed by atoms with van der Waals surface area (Å²) in [6, 6.07) is 2.04. The zero-order chi connectivity index (χ0) is 13.8. The lowest BCUT2D eigenvalue weighted by molar-refractivity contribution is 0.00302. The Hall–Kier alpha value is -0.120. The summed E-state index contributed by atoms with van der Waals surface area (Å²) in [5.41, 5.74) is 0. The molecule has 2 rings (SSSR count). The molecule has 2 aliphatic rings. The Bertz CT molecular complexity index is 265. The van der Waals surface area contributed by atoms with Gasteiger partial charge in [-0.2, -0.15) is 0 Å². The molecule has 0 amide bonds. The van der Waals surface area contributed by atoms with Gasteiger partial charge in [0.05, 0.1) is 0 Å². The summed E-state index contributed by atoms with van der Waals surface area (Å²) >= 11 is 0. The number of nitrogens with zero attached hydrogens (tertiary/aromatic N) is 1. The summed E-state index contributed by atoms with van der Waals surface area (Å²) in [6.07, 6.45) is 3.75. The third-order valence-electron chi connectivity index (χ3n) is 5.45. The molecule has 3 heteroatoms. The van der Waals surface area contributed by atoms with Gasteiger partial charge in [0, 0.05) is 44.4 Å². The molecular weight excluding hydrogens is 236 g/mol. The van der Waals surface area contributed by atoms with Crippen molar-refractivity contribution >= 4 is 0 Å². The number of hydrogen-bond donors (Lipinski definition) is 1. The Morgan fingerprint density at radius 1 is 1.26 bits per heavy atom. The third kappa shape index (κ3) is 3.71. The quantitative estimate of drug-likeness (QED) is 0.848. The van der Waals surface area contributed by atoms with Crippen LogP contribution in [0.3, 0.4) is 0 Å². The molecule has 2 aliphatic heterocycles. The second-order valence-corrected chi connectivity index (χ2v) is 6.64. The van der Waals surface area contributed by atoms with Crippen molar-refractivity contribution in [2.75, 3.05) is 26.3 Å². The molecule has 19 heavy (non-hydrogen) atoms. The lowest BCUT2D eigenvalue weighted by atomic mass is 9.88. The molecule has 0 bridgehead atoms. The topological polar surface area (TPSA) is 24.5 Å². The van der Waals surface area contributed by atoms with E-state index in [1.807, 2.05) is 0 Å². The van der Waals surface area contributed by atoms with Gasteiger partial charge >= 0.3 is 0 Å². The monoisotopic (exact) mass is 268 g/mol. The molecule has 2 heterocycles. The normalized spacial score (nSPS) is 34.1. The maximum Gasteiger partial charge on any atom is 0.0469 e. The van der Waals surface area contributed by atoms with Gasteiger partial charge in [-0.1, -0.05) is 20.3 Å². The fraction of sp³-hybridized carbons (Fsp3) is 1.00. The van der Waals surface area contributed by atoms with E-state index < -0.39 is 0 Å². The highest BCUT2D eigenvalue weighted by atomic mass is 16.5. The maximum absolute atomic E-state index is 5.51. The summed E-state index contributed by atoms with van der Waals surface area (Å²) in [6.45, 7) is 13.8. The van der Waals surface area contributed by atoms with Crippen molar-refractivity contribution < 1.29 is 4.74 Å². The molecule has 0 aromatic carbocycles. The molecule has 112 valence electrons. The zero-order valence-corrected chi connectivity index (χ0v) is 13.2. The van der Waals surface area contributed by atoms with Crippen molar-refractivity contribution in [2.45, 2.75) is 65.1 Å². The van der Waals surface area contributed by atoms with Crippen LogP contribution in [0.2, 0.25) is 0 Å². The van der Waals surface area contributed by atoms with Crippen LogP contribution < -0.4 is 5.32 Å². The van der Waals surface area contributed by atoms with Crippen molar-refractivity contribution in [2.24, 2.45) is 11.8 Å². The number of hydrogen-bond acceptors (Lipinski definition) is 3. The molecule has 2 fully saturated rings. The number of nitrogens with one attached hydrogen (secondary N) is 1. The van der Waals surface area contributed by atoms with E-state index in [0.717, 1.165) is 31.6 Å². The van der Waals surface area contributed by atoms with Crippen molar-refractivity contribution in [1.29, 1.82) is 0 Å². The summed E-state index contributed by atoms with van der Waals surface area (Å²) in [5, 5.41) is 3.74. The van der Waals surface area contributed by atoms with E-state index in [2.05, 4.69) is 37.9 Å². The van der Waals surface area contributed by atoms with Crippen LogP contribution in [-0.4, -0.2) is 49.3 Å². The minimum Gasteiger partial charge on any atom is -0.381 e. The smallest absolute Gasteiger partial charge is 0.0469 e. The molecule has 0 aliphatic carbocycles. The van der Waals surface area contributed by atoms with E-state index in [4.69, 9.17) is 4.74 Å². The van der Waals surface area contributed by atoms with Gasteiger partial charge in [0.15, 0.2) is 0 Å². The Kier molecular flexibility index (Phi) is 5.67. The molecule has 3 nitrogen and oxygen atoms in total. The van der Waals surface area contributed by atoms with Crippen LogP contribution in [0.15, 0.2) is 0 Å².